The Labute approximate surface area is 118 Å². The summed E-state index contributed by atoms with van der Waals surface area (Å²) in [6.07, 6.45) is 5.06. The van der Waals surface area contributed by atoms with Gasteiger partial charge in [-0.15, -0.1) is 0 Å². The Morgan fingerprint density at radius 1 is 1.37 bits per heavy atom. The van der Waals surface area contributed by atoms with Gasteiger partial charge >= 0.3 is 0 Å². The van der Waals surface area contributed by atoms with Crippen molar-refractivity contribution in [2.45, 2.75) is 44.8 Å². The van der Waals surface area contributed by atoms with E-state index in [2.05, 4.69) is 35.4 Å². The predicted molar refractivity (Wildman–Crippen MR) is 80.9 cm³/mol. The minimum Gasteiger partial charge on any atom is -0.378 e. The fourth-order valence-electron chi connectivity index (χ4n) is 2.32. The van der Waals surface area contributed by atoms with Crippen LogP contribution in [0.1, 0.15) is 32.6 Å². The van der Waals surface area contributed by atoms with E-state index in [4.69, 9.17) is 4.74 Å². The molecule has 0 atom stereocenters. The van der Waals surface area contributed by atoms with Crippen LogP contribution < -0.4 is 5.32 Å². The van der Waals surface area contributed by atoms with Crippen molar-refractivity contribution in [1.82, 2.24) is 4.98 Å². The normalized spacial score (nSPS) is 22.4. The molecule has 1 aromatic carbocycles. The third-order valence-electron chi connectivity index (χ3n) is 3.57. The minimum absolute atomic E-state index is 0.457. The molecule has 0 spiro atoms. The van der Waals surface area contributed by atoms with E-state index in [0.29, 0.717) is 12.1 Å². The molecule has 1 saturated carbocycles. The van der Waals surface area contributed by atoms with E-state index in [1.54, 1.807) is 11.3 Å². The van der Waals surface area contributed by atoms with Crippen molar-refractivity contribution in [2.24, 2.45) is 0 Å². The number of nitrogens with zero attached hydrogens (tertiary/aromatic N) is 1. The van der Waals surface area contributed by atoms with E-state index in [9.17, 15) is 0 Å². The van der Waals surface area contributed by atoms with Gasteiger partial charge in [-0.1, -0.05) is 36.8 Å². The molecule has 0 bridgehead atoms. The quantitative estimate of drug-likeness (QED) is 0.808. The van der Waals surface area contributed by atoms with Crippen LogP contribution in [-0.2, 0) is 4.74 Å². The van der Waals surface area contributed by atoms with Crippen molar-refractivity contribution in [2.75, 3.05) is 11.9 Å². The van der Waals surface area contributed by atoms with Gasteiger partial charge in [-0.2, -0.15) is 0 Å². The third-order valence-corrected chi connectivity index (χ3v) is 4.54. The summed E-state index contributed by atoms with van der Waals surface area (Å²) in [5, 5.41) is 4.56. The average molecular weight is 276 g/mol. The molecule has 1 heterocycles. The number of anilines is 1. The molecule has 102 valence electrons. The van der Waals surface area contributed by atoms with E-state index in [1.807, 2.05) is 6.07 Å². The molecular weight excluding hydrogens is 256 g/mol. The van der Waals surface area contributed by atoms with Crippen LogP contribution >= 0.6 is 11.3 Å². The first-order valence-electron chi connectivity index (χ1n) is 7.09. The summed E-state index contributed by atoms with van der Waals surface area (Å²) in [7, 11) is 0. The van der Waals surface area contributed by atoms with Gasteiger partial charge in [0.1, 0.15) is 0 Å². The highest BCUT2D eigenvalue weighted by molar-refractivity contribution is 7.22. The number of benzene rings is 1. The number of unbranched alkanes of at least 4 members (excludes halogenated alkanes) is 1. The number of aromatic nitrogens is 1. The topological polar surface area (TPSA) is 34.1 Å². The van der Waals surface area contributed by atoms with Gasteiger partial charge in [0, 0.05) is 12.6 Å². The monoisotopic (exact) mass is 276 g/mol. The zero-order valence-electron chi connectivity index (χ0n) is 11.3. The molecule has 1 aromatic heterocycles. The Morgan fingerprint density at radius 2 is 2.21 bits per heavy atom. The standard InChI is InChI=1S/C15H20N2OS/c1-2-3-8-18-12-9-11(10-12)16-15-17-13-6-4-5-7-14(13)19-15/h4-7,11-12H,2-3,8-10H2,1H3,(H,16,17). The van der Waals surface area contributed by atoms with Crippen LogP contribution in [0.4, 0.5) is 5.13 Å². The summed E-state index contributed by atoms with van der Waals surface area (Å²) in [6.45, 7) is 3.11. The zero-order valence-corrected chi connectivity index (χ0v) is 12.1. The number of fused-ring (bicyclic) bond motifs is 1. The molecule has 0 aliphatic heterocycles. The molecule has 0 amide bonds. The van der Waals surface area contributed by atoms with E-state index < -0.39 is 0 Å². The van der Waals surface area contributed by atoms with Gasteiger partial charge in [-0.25, -0.2) is 4.98 Å². The molecule has 1 N–H and O–H groups in total. The van der Waals surface area contributed by atoms with Crippen LogP contribution in [0.25, 0.3) is 10.2 Å². The number of nitrogens with one attached hydrogen (secondary N) is 1. The smallest absolute Gasteiger partial charge is 0.184 e. The summed E-state index contributed by atoms with van der Waals surface area (Å²) < 4.78 is 7.04. The summed E-state index contributed by atoms with van der Waals surface area (Å²) in [5.74, 6) is 0. The molecule has 4 heteroatoms. The molecule has 3 nitrogen and oxygen atoms in total. The molecule has 0 unspecified atom stereocenters. The number of ether oxygens (including phenoxy) is 1. The second kappa shape index (κ2) is 5.88. The summed E-state index contributed by atoms with van der Waals surface area (Å²) >= 11 is 1.73. The lowest BCUT2D eigenvalue weighted by Gasteiger charge is -2.35. The van der Waals surface area contributed by atoms with Crippen molar-refractivity contribution < 1.29 is 4.74 Å². The molecule has 3 rings (SSSR count). The molecule has 0 radical (unpaired) electrons. The SMILES string of the molecule is CCCCOC1CC(Nc2nc3ccccc3s2)C1. The van der Waals surface area contributed by atoms with Gasteiger partial charge in [-0.3, -0.25) is 0 Å². The molecule has 0 saturated heterocycles. The van der Waals surface area contributed by atoms with Crippen LogP contribution in [0.15, 0.2) is 24.3 Å². The third kappa shape index (κ3) is 3.07. The number of rotatable bonds is 6. The number of hydrogen-bond donors (Lipinski definition) is 1. The first-order chi connectivity index (χ1) is 9.35. The van der Waals surface area contributed by atoms with Crippen molar-refractivity contribution >= 4 is 26.7 Å². The van der Waals surface area contributed by atoms with Gasteiger partial charge in [-0.05, 0) is 31.4 Å². The second-order valence-electron chi connectivity index (χ2n) is 5.15. The lowest BCUT2D eigenvalue weighted by molar-refractivity contribution is -0.00536. The Balaban J connectivity index is 1.48. The maximum Gasteiger partial charge on any atom is 0.184 e. The maximum atomic E-state index is 5.79. The van der Waals surface area contributed by atoms with Gasteiger partial charge in [0.05, 0.1) is 16.3 Å². The zero-order chi connectivity index (χ0) is 13.1. The number of para-hydroxylation sites is 1. The fourth-order valence-corrected chi connectivity index (χ4v) is 3.27. The molecular formula is C15H20N2OS. The highest BCUT2D eigenvalue weighted by Crippen LogP contribution is 2.31. The van der Waals surface area contributed by atoms with E-state index in [-0.39, 0.29) is 0 Å². The highest BCUT2D eigenvalue weighted by Gasteiger charge is 2.30. The predicted octanol–water partition coefficient (Wildman–Crippen LogP) is 4.06. The van der Waals surface area contributed by atoms with Gasteiger partial charge in [0.2, 0.25) is 0 Å². The first-order valence-corrected chi connectivity index (χ1v) is 7.90. The largest absolute Gasteiger partial charge is 0.378 e. The number of thiazole rings is 1. The van der Waals surface area contributed by atoms with Crippen LogP contribution in [-0.4, -0.2) is 23.7 Å². The Bertz CT molecular complexity index is 501. The Kier molecular flexibility index (Phi) is 3.99. The molecule has 19 heavy (non-hydrogen) atoms. The lowest BCUT2D eigenvalue weighted by Crippen LogP contribution is -2.40. The molecule has 1 fully saturated rings. The van der Waals surface area contributed by atoms with E-state index in [0.717, 1.165) is 30.1 Å². The average Bonchev–Trinajstić information content (AvgIpc) is 2.78. The van der Waals surface area contributed by atoms with Crippen molar-refractivity contribution in [3.05, 3.63) is 24.3 Å². The summed E-state index contributed by atoms with van der Waals surface area (Å²) in [5.41, 5.74) is 1.09. The van der Waals surface area contributed by atoms with Crippen LogP contribution in [0.5, 0.6) is 0 Å². The Morgan fingerprint density at radius 3 is 3.00 bits per heavy atom. The van der Waals surface area contributed by atoms with E-state index in [1.165, 1.54) is 17.5 Å². The van der Waals surface area contributed by atoms with Gasteiger partial charge < -0.3 is 10.1 Å². The molecule has 1 aliphatic rings. The maximum absolute atomic E-state index is 5.79. The van der Waals surface area contributed by atoms with Gasteiger partial charge in [0.15, 0.2) is 5.13 Å². The second-order valence-corrected chi connectivity index (χ2v) is 6.18. The van der Waals surface area contributed by atoms with Crippen molar-refractivity contribution in [1.29, 1.82) is 0 Å². The van der Waals surface area contributed by atoms with Crippen LogP contribution in [0.2, 0.25) is 0 Å². The summed E-state index contributed by atoms with van der Waals surface area (Å²) in [4.78, 5) is 4.60. The van der Waals surface area contributed by atoms with Crippen molar-refractivity contribution in [3.8, 4) is 0 Å². The fraction of sp³-hybridized carbons (Fsp3) is 0.533. The van der Waals surface area contributed by atoms with Crippen LogP contribution in [0, 0.1) is 0 Å². The summed E-state index contributed by atoms with van der Waals surface area (Å²) in [6, 6.07) is 8.81. The van der Waals surface area contributed by atoms with Crippen LogP contribution in [0.3, 0.4) is 0 Å². The Hall–Kier alpha value is -1.13. The van der Waals surface area contributed by atoms with Gasteiger partial charge in [0.25, 0.3) is 0 Å². The highest BCUT2D eigenvalue weighted by atomic mass is 32.1. The molecule has 1 aliphatic carbocycles. The number of hydrogen-bond acceptors (Lipinski definition) is 4. The van der Waals surface area contributed by atoms with E-state index >= 15 is 0 Å². The minimum atomic E-state index is 0.457. The first kappa shape index (κ1) is 12.9. The lowest BCUT2D eigenvalue weighted by atomic mass is 9.89. The molecule has 2 aromatic rings. The van der Waals surface area contributed by atoms with Crippen molar-refractivity contribution in [3.63, 3.8) is 0 Å².